The molecular weight excluding hydrogens is 503 g/mol. The van der Waals surface area contributed by atoms with E-state index in [1.807, 2.05) is 6.92 Å². The Hall–Kier alpha value is -3.26. The van der Waals surface area contributed by atoms with Crippen molar-refractivity contribution in [1.82, 2.24) is 5.32 Å². The predicted molar refractivity (Wildman–Crippen MR) is 148 cm³/mol. The summed E-state index contributed by atoms with van der Waals surface area (Å²) >= 11 is 1.40. The molecule has 1 aromatic heterocycles. The lowest BCUT2D eigenvalue weighted by atomic mass is 10.1. The highest BCUT2D eigenvalue weighted by atomic mass is 32.2. The van der Waals surface area contributed by atoms with E-state index in [4.69, 9.17) is 9.15 Å². The molecule has 8 heteroatoms. The summed E-state index contributed by atoms with van der Waals surface area (Å²) in [6.45, 7) is 4.87. The molecule has 0 saturated heterocycles. The topological polar surface area (TPSA) is 71.8 Å². The van der Waals surface area contributed by atoms with E-state index in [0.717, 1.165) is 17.7 Å². The number of ether oxygens (including phenoxy) is 1. The SMILES string of the molecule is CCCCCCCCOc1cccc(F)c1CN1C(=O)C(C)Sc2cc(C(=O)NCc3ccco3)ccc21. The maximum absolute atomic E-state index is 15.0. The Bertz CT molecular complexity index is 1230. The Morgan fingerprint density at radius 2 is 1.92 bits per heavy atom. The quantitative estimate of drug-likeness (QED) is 0.235. The van der Waals surface area contributed by atoms with Crippen LogP contribution in [0.1, 0.15) is 74.1 Å². The number of anilines is 1. The van der Waals surface area contributed by atoms with E-state index in [0.29, 0.717) is 34.9 Å². The van der Waals surface area contributed by atoms with E-state index in [-0.39, 0.29) is 30.2 Å². The van der Waals surface area contributed by atoms with Gasteiger partial charge in [0.05, 0.1) is 36.9 Å². The first kappa shape index (κ1) is 27.8. The Morgan fingerprint density at radius 1 is 1.11 bits per heavy atom. The lowest BCUT2D eigenvalue weighted by Crippen LogP contribution is -2.39. The van der Waals surface area contributed by atoms with Crippen LogP contribution in [-0.4, -0.2) is 23.7 Å². The number of nitrogens with zero attached hydrogens (tertiary/aromatic N) is 1. The summed E-state index contributed by atoms with van der Waals surface area (Å²) in [5, 5.41) is 2.47. The van der Waals surface area contributed by atoms with Crippen LogP contribution in [0.25, 0.3) is 0 Å². The van der Waals surface area contributed by atoms with Crippen LogP contribution in [0.5, 0.6) is 5.75 Å². The number of amides is 2. The van der Waals surface area contributed by atoms with Crippen LogP contribution < -0.4 is 15.0 Å². The molecule has 1 unspecified atom stereocenters. The molecule has 0 bridgehead atoms. The number of rotatable bonds is 13. The molecular formula is C30H35FN2O4S. The van der Waals surface area contributed by atoms with E-state index >= 15 is 4.39 Å². The molecule has 2 heterocycles. The smallest absolute Gasteiger partial charge is 0.251 e. The highest BCUT2D eigenvalue weighted by molar-refractivity contribution is 8.01. The number of thioether (sulfide) groups is 1. The summed E-state index contributed by atoms with van der Waals surface area (Å²) in [6.07, 6.45) is 8.39. The Balaban J connectivity index is 1.47. The van der Waals surface area contributed by atoms with Gasteiger partial charge in [-0.2, -0.15) is 0 Å². The molecule has 202 valence electrons. The molecule has 0 radical (unpaired) electrons. The summed E-state index contributed by atoms with van der Waals surface area (Å²) < 4.78 is 26.3. The zero-order valence-electron chi connectivity index (χ0n) is 22.0. The number of fused-ring (bicyclic) bond motifs is 1. The number of nitrogens with one attached hydrogen (secondary N) is 1. The zero-order valence-corrected chi connectivity index (χ0v) is 22.8. The van der Waals surface area contributed by atoms with Gasteiger partial charge in [0.25, 0.3) is 5.91 Å². The molecule has 4 rings (SSSR count). The maximum Gasteiger partial charge on any atom is 0.251 e. The van der Waals surface area contributed by atoms with Crippen molar-refractivity contribution in [3.63, 3.8) is 0 Å². The summed E-state index contributed by atoms with van der Waals surface area (Å²) in [5.74, 6) is 0.380. The van der Waals surface area contributed by atoms with E-state index in [2.05, 4.69) is 12.2 Å². The van der Waals surface area contributed by atoms with Gasteiger partial charge in [-0.3, -0.25) is 9.59 Å². The molecule has 0 saturated carbocycles. The van der Waals surface area contributed by atoms with Crippen molar-refractivity contribution in [1.29, 1.82) is 0 Å². The number of halogens is 1. The van der Waals surface area contributed by atoms with Gasteiger partial charge in [-0.1, -0.05) is 45.1 Å². The number of carbonyl (C=O) groups is 2. The van der Waals surface area contributed by atoms with E-state index in [1.54, 1.807) is 53.6 Å². The van der Waals surface area contributed by atoms with Gasteiger partial charge in [0.15, 0.2) is 0 Å². The van der Waals surface area contributed by atoms with Gasteiger partial charge in [0.2, 0.25) is 5.91 Å². The molecule has 2 amide bonds. The molecule has 2 aromatic carbocycles. The van der Waals surface area contributed by atoms with Crippen LogP contribution in [0.2, 0.25) is 0 Å². The van der Waals surface area contributed by atoms with Crippen molar-refractivity contribution in [3.05, 3.63) is 77.5 Å². The first-order chi connectivity index (χ1) is 18.5. The fraction of sp³-hybridized carbons (Fsp3) is 0.400. The Labute approximate surface area is 227 Å². The molecule has 6 nitrogen and oxygen atoms in total. The van der Waals surface area contributed by atoms with Gasteiger partial charge in [-0.15, -0.1) is 11.8 Å². The normalized spacial score (nSPS) is 14.9. The molecule has 38 heavy (non-hydrogen) atoms. The first-order valence-electron chi connectivity index (χ1n) is 13.3. The van der Waals surface area contributed by atoms with Crippen LogP contribution in [0.3, 0.4) is 0 Å². The second-order valence-corrected chi connectivity index (χ2v) is 10.8. The number of benzene rings is 2. The highest BCUT2D eigenvalue weighted by Crippen LogP contribution is 2.41. The zero-order chi connectivity index (χ0) is 26.9. The summed E-state index contributed by atoms with van der Waals surface area (Å²) in [6, 6.07) is 13.6. The van der Waals surface area contributed by atoms with E-state index in [1.165, 1.54) is 43.5 Å². The molecule has 1 N–H and O–H groups in total. The molecule has 1 aliphatic rings. The minimum absolute atomic E-state index is 0.0548. The van der Waals surface area contributed by atoms with E-state index in [9.17, 15) is 9.59 Å². The third-order valence-electron chi connectivity index (χ3n) is 6.58. The molecule has 0 fully saturated rings. The van der Waals surface area contributed by atoms with Crippen molar-refractivity contribution in [2.75, 3.05) is 11.5 Å². The van der Waals surface area contributed by atoms with Crippen molar-refractivity contribution in [3.8, 4) is 5.75 Å². The van der Waals surface area contributed by atoms with Crippen LogP contribution in [-0.2, 0) is 17.9 Å². The molecule has 0 spiro atoms. The third kappa shape index (κ3) is 6.98. The fourth-order valence-electron chi connectivity index (χ4n) is 4.45. The maximum atomic E-state index is 15.0. The summed E-state index contributed by atoms with van der Waals surface area (Å²) in [5.41, 5.74) is 1.50. The van der Waals surface area contributed by atoms with Gasteiger partial charge in [0.1, 0.15) is 17.3 Å². The second-order valence-electron chi connectivity index (χ2n) is 9.46. The van der Waals surface area contributed by atoms with Crippen molar-refractivity contribution < 1.29 is 23.1 Å². The number of hydrogen-bond donors (Lipinski definition) is 1. The number of furan rings is 1. The van der Waals surface area contributed by atoms with Gasteiger partial charge >= 0.3 is 0 Å². The Morgan fingerprint density at radius 3 is 2.71 bits per heavy atom. The monoisotopic (exact) mass is 538 g/mol. The summed E-state index contributed by atoms with van der Waals surface area (Å²) in [4.78, 5) is 28.3. The minimum atomic E-state index is -0.403. The number of unbranched alkanes of at least 4 members (excludes halogenated alkanes) is 5. The van der Waals surface area contributed by atoms with Gasteiger partial charge in [0, 0.05) is 16.0 Å². The number of hydrogen-bond acceptors (Lipinski definition) is 5. The average Bonchev–Trinajstić information content (AvgIpc) is 3.44. The fourth-order valence-corrected chi connectivity index (χ4v) is 5.55. The van der Waals surface area contributed by atoms with Crippen LogP contribution >= 0.6 is 11.8 Å². The van der Waals surface area contributed by atoms with Crippen molar-refractivity contribution >= 4 is 29.3 Å². The van der Waals surface area contributed by atoms with Gasteiger partial charge in [-0.25, -0.2) is 4.39 Å². The highest BCUT2D eigenvalue weighted by Gasteiger charge is 2.32. The largest absolute Gasteiger partial charge is 0.493 e. The predicted octanol–water partition coefficient (Wildman–Crippen LogP) is 7.12. The van der Waals surface area contributed by atoms with Gasteiger partial charge < -0.3 is 19.4 Å². The van der Waals surface area contributed by atoms with Crippen molar-refractivity contribution in [2.24, 2.45) is 0 Å². The Kier molecular flexibility index (Phi) is 9.87. The lowest BCUT2D eigenvalue weighted by molar-refractivity contribution is -0.118. The first-order valence-corrected chi connectivity index (χ1v) is 14.2. The summed E-state index contributed by atoms with van der Waals surface area (Å²) in [7, 11) is 0. The second kappa shape index (κ2) is 13.5. The number of carbonyl (C=O) groups excluding carboxylic acids is 2. The average molecular weight is 539 g/mol. The van der Waals surface area contributed by atoms with Crippen LogP contribution in [0.4, 0.5) is 10.1 Å². The molecule has 3 aromatic rings. The molecule has 1 atom stereocenters. The van der Waals surface area contributed by atoms with E-state index < -0.39 is 5.82 Å². The lowest BCUT2D eigenvalue weighted by Gasteiger charge is -2.33. The molecule has 0 aliphatic carbocycles. The van der Waals surface area contributed by atoms with Crippen LogP contribution in [0, 0.1) is 5.82 Å². The third-order valence-corrected chi connectivity index (χ3v) is 7.72. The van der Waals surface area contributed by atoms with Crippen LogP contribution in [0.15, 0.2) is 64.1 Å². The minimum Gasteiger partial charge on any atom is -0.493 e. The van der Waals surface area contributed by atoms with Gasteiger partial charge in [-0.05, 0) is 55.8 Å². The standard InChI is InChI=1S/C30H35FN2O4S/c1-3-4-5-6-7-8-16-37-27-13-9-12-25(31)24(27)20-33-26-15-14-22(18-28(26)38-21(2)30(33)35)29(34)32-19-23-11-10-17-36-23/h9-15,17-18,21H,3-8,16,19-20H2,1-2H3,(H,32,34). The molecule has 1 aliphatic heterocycles. The van der Waals surface area contributed by atoms with Crippen molar-refractivity contribution in [2.45, 2.75) is 75.6 Å².